The monoisotopic (exact) mass is 353 g/mol. The smallest absolute Gasteiger partial charge is 0.257 e. The molecular weight excluding hydrogens is 334 g/mol. The van der Waals surface area contributed by atoms with E-state index in [1.807, 2.05) is 17.9 Å². The molecule has 3 rings (SSSR count). The molecule has 23 heavy (non-hydrogen) atoms. The van der Waals surface area contributed by atoms with Gasteiger partial charge in [0.2, 0.25) is 0 Å². The molecule has 1 aromatic rings. The number of anilines is 1. The number of hydrogen-bond donors (Lipinski definition) is 1. The number of benzene rings is 1. The van der Waals surface area contributed by atoms with E-state index >= 15 is 0 Å². The lowest BCUT2D eigenvalue weighted by molar-refractivity contribution is 0.0930. The molecule has 1 atom stereocenters. The maximum absolute atomic E-state index is 12.3. The zero-order valence-electron chi connectivity index (χ0n) is 13.2. The molecular formula is C15H19N3O3S2. The summed E-state index contributed by atoms with van der Waals surface area (Å²) in [6.45, 7) is 6.49. The first-order valence-electron chi connectivity index (χ1n) is 7.50. The van der Waals surface area contributed by atoms with Crippen LogP contribution in [0.3, 0.4) is 0 Å². The molecule has 0 radical (unpaired) electrons. The molecule has 0 saturated carbocycles. The number of thioether (sulfide) groups is 1. The third-order valence-corrected chi connectivity index (χ3v) is 6.40. The lowest BCUT2D eigenvalue weighted by atomic mass is 10.1. The van der Waals surface area contributed by atoms with Crippen molar-refractivity contribution in [3.8, 4) is 0 Å². The van der Waals surface area contributed by atoms with Crippen LogP contribution < -0.4 is 10.2 Å². The van der Waals surface area contributed by atoms with E-state index in [0.717, 1.165) is 10.6 Å². The largest absolute Gasteiger partial charge is 0.349 e. The molecule has 124 valence electrons. The first-order chi connectivity index (χ1) is 10.8. The molecule has 6 nitrogen and oxygen atoms in total. The SMILES string of the molecule is CC(C)C(C)NC(=O)c1ccc2c(c1)SC1=NS(=O)(=O)CCN12. The van der Waals surface area contributed by atoms with Crippen LogP contribution >= 0.6 is 11.8 Å². The van der Waals surface area contributed by atoms with E-state index in [9.17, 15) is 13.2 Å². The van der Waals surface area contributed by atoms with Gasteiger partial charge in [-0.2, -0.15) is 0 Å². The Morgan fingerprint density at radius 3 is 2.78 bits per heavy atom. The zero-order valence-corrected chi connectivity index (χ0v) is 14.9. The number of amidine groups is 1. The highest BCUT2D eigenvalue weighted by atomic mass is 32.2. The van der Waals surface area contributed by atoms with Crippen molar-refractivity contribution in [2.45, 2.75) is 31.7 Å². The molecule has 0 spiro atoms. The molecule has 1 unspecified atom stereocenters. The van der Waals surface area contributed by atoms with Crippen LogP contribution in [0.25, 0.3) is 0 Å². The van der Waals surface area contributed by atoms with Gasteiger partial charge in [-0.05, 0) is 42.8 Å². The summed E-state index contributed by atoms with van der Waals surface area (Å²) in [6, 6.07) is 5.52. The summed E-state index contributed by atoms with van der Waals surface area (Å²) in [6.07, 6.45) is 0. The topological polar surface area (TPSA) is 78.8 Å². The Hall–Kier alpha value is -1.54. The van der Waals surface area contributed by atoms with Crippen LogP contribution in [0.15, 0.2) is 27.5 Å². The van der Waals surface area contributed by atoms with Gasteiger partial charge in [-0.3, -0.25) is 4.79 Å². The Morgan fingerprint density at radius 2 is 2.09 bits per heavy atom. The number of carbonyl (C=O) groups is 1. The van der Waals surface area contributed by atoms with Crippen molar-refractivity contribution >= 4 is 38.5 Å². The molecule has 2 aliphatic rings. The van der Waals surface area contributed by atoms with Crippen molar-refractivity contribution < 1.29 is 13.2 Å². The number of hydrogen-bond acceptors (Lipinski definition) is 5. The van der Waals surface area contributed by atoms with Crippen LogP contribution in [-0.4, -0.2) is 37.8 Å². The summed E-state index contributed by atoms with van der Waals surface area (Å²) in [5, 5.41) is 3.45. The van der Waals surface area contributed by atoms with Crippen LogP contribution in [0.1, 0.15) is 31.1 Å². The molecule has 1 N–H and O–H groups in total. The normalized spacial score (nSPS) is 19.8. The lowest BCUT2D eigenvalue weighted by Crippen LogP contribution is -2.36. The van der Waals surface area contributed by atoms with Crippen molar-refractivity contribution in [2.75, 3.05) is 17.2 Å². The van der Waals surface area contributed by atoms with Gasteiger partial charge in [0, 0.05) is 23.0 Å². The van der Waals surface area contributed by atoms with Crippen molar-refractivity contribution in [1.82, 2.24) is 5.32 Å². The van der Waals surface area contributed by atoms with Crippen LogP contribution in [0, 0.1) is 5.92 Å². The summed E-state index contributed by atoms with van der Waals surface area (Å²) in [5.74, 6) is 0.260. The third-order valence-electron chi connectivity index (χ3n) is 4.09. The Kier molecular flexibility index (Phi) is 4.14. The third kappa shape index (κ3) is 3.23. The maximum atomic E-state index is 12.3. The van der Waals surface area contributed by atoms with Crippen molar-refractivity contribution in [3.05, 3.63) is 23.8 Å². The average molecular weight is 353 g/mol. The molecule has 0 aliphatic carbocycles. The minimum Gasteiger partial charge on any atom is -0.349 e. The molecule has 1 aromatic carbocycles. The van der Waals surface area contributed by atoms with E-state index in [1.165, 1.54) is 11.8 Å². The summed E-state index contributed by atoms with van der Waals surface area (Å²) in [5.41, 5.74) is 1.49. The average Bonchev–Trinajstić information content (AvgIpc) is 2.81. The number of nitrogens with one attached hydrogen (secondary N) is 1. The molecule has 0 bridgehead atoms. The molecule has 0 saturated heterocycles. The van der Waals surface area contributed by atoms with Gasteiger partial charge in [0.25, 0.3) is 15.9 Å². The number of sulfonamides is 1. The second kappa shape index (κ2) is 5.83. The van der Waals surface area contributed by atoms with Gasteiger partial charge < -0.3 is 10.2 Å². The number of fused-ring (bicyclic) bond motifs is 3. The van der Waals surface area contributed by atoms with Gasteiger partial charge in [0.05, 0.1) is 11.4 Å². The number of nitrogens with zero attached hydrogens (tertiary/aromatic N) is 2. The number of rotatable bonds is 3. The van der Waals surface area contributed by atoms with Crippen LogP contribution in [0.4, 0.5) is 5.69 Å². The van der Waals surface area contributed by atoms with Gasteiger partial charge in [-0.1, -0.05) is 13.8 Å². The van der Waals surface area contributed by atoms with E-state index in [-0.39, 0.29) is 17.7 Å². The van der Waals surface area contributed by atoms with Crippen LogP contribution in [0.2, 0.25) is 0 Å². The fraction of sp³-hybridized carbons (Fsp3) is 0.467. The quantitative estimate of drug-likeness (QED) is 0.900. The highest BCUT2D eigenvalue weighted by molar-refractivity contribution is 8.15. The van der Waals surface area contributed by atoms with E-state index in [0.29, 0.717) is 23.2 Å². The standard InChI is InChI=1S/C15H19N3O3S2/c1-9(2)10(3)16-14(19)11-4-5-12-13(8-11)22-15-17-23(20,21)7-6-18(12)15/h4-5,8-10H,6-7H2,1-3H3,(H,16,19). The molecule has 0 fully saturated rings. The molecule has 2 aliphatic heterocycles. The fourth-order valence-corrected chi connectivity index (χ4v) is 4.62. The minimum atomic E-state index is -3.36. The fourth-order valence-electron chi connectivity index (χ4n) is 2.33. The van der Waals surface area contributed by atoms with E-state index < -0.39 is 10.0 Å². The van der Waals surface area contributed by atoms with E-state index in [2.05, 4.69) is 23.6 Å². The summed E-state index contributed by atoms with van der Waals surface area (Å²) < 4.78 is 27.0. The van der Waals surface area contributed by atoms with Crippen LogP contribution in [-0.2, 0) is 10.0 Å². The zero-order chi connectivity index (χ0) is 16.8. The second-order valence-electron chi connectivity index (χ2n) is 6.10. The molecule has 0 aromatic heterocycles. The number of carbonyl (C=O) groups excluding carboxylic acids is 1. The Labute approximate surface area is 140 Å². The summed E-state index contributed by atoms with van der Waals surface area (Å²) in [7, 11) is -3.36. The first kappa shape index (κ1) is 16.3. The Morgan fingerprint density at radius 1 is 1.35 bits per heavy atom. The molecule has 8 heteroatoms. The first-order valence-corrected chi connectivity index (χ1v) is 9.92. The lowest BCUT2D eigenvalue weighted by Gasteiger charge is -2.22. The summed E-state index contributed by atoms with van der Waals surface area (Å²) in [4.78, 5) is 15.1. The van der Waals surface area contributed by atoms with Crippen molar-refractivity contribution in [2.24, 2.45) is 10.3 Å². The predicted molar refractivity (Wildman–Crippen MR) is 92.6 cm³/mol. The van der Waals surface area contributed by atoms with Gasteiger partial charge in [0.15, 0.2) is 5.17 Å². The molecule has 2 heterocycles. The van der Waals surface area contributed by atoms with E-state index in [1.54, 1.807) is 12.1 Å². The number of amides is 1. The highest BCUT2D eigenvalue weighted by Gasteiger charge is 2.33. The Bertz CT molecular complexity index is 787. The molecule has 1 amide bonds. The van der Waals surface area contributed by atoms with Gasteiger partial charge in [-0.15, -0.1) is 4.40 Å². The van der Waals surface area contributed by atoms with Gasteiger partial charge >= 0.3 is 0 Å². The van der Waals surface area contributed by atoms with Crippen molar-refractivity contribution in [3.63, 3.8) is 0 Å². The van der Waals surface area contributed by atoms with E-state index in [4.69, 9.17) is 0 Å². The maximum Gasteiger partial charge on any atom is 0.257 e. The summed E-state index contributed by atoms with van der Waals surface area (Å²) >= 11 is 1.30. The second-order valence-corrected chi connectivity index (χ2v) is 8.87. The van der Waals surface area contributed by atoms with Crippen LogP contribution in [0.5, 0.6) is 0 Å². The van der Waals surface area contributed by atoms with Gasteiger partial charge in [-0.25, -0.2) is 8.42 Å². The minimum absolute atomic E-state index is 0.0185. The highest BCUT2D eigenvalue weighted by Crippen LogP contribution is 2.42. The van der Waals surface area contributed by atoms with Gasteiger partial charge in [0.1, 0.15) is 0 Å². The Balaban J connectivity index is 1.85. The van der Waals surface area contributed by atoms with Crippen molar-refractivity contribution in [1.29, 1.82) is 0 Å². The predicted octanol–water partition coefficient (Wildman–Crippen LogP) is 2.07.